The lowest BCUT2D eigenvalue weighted by atomic mass is 10.3. The molecule has 0 spiro atoms. The van der Waals surface area contributed by atoms with Crippen LogP contribution in [-0.4, -0.2) is 10.3 Å². The first kappa shape index (κ1) is 9.98. The van der Waals surface area contributed by atoms with Gasteiger partial charge in [-0.15, -0.1) is 0 Å². The second-order valence-electron chi connectivity index (χ2n) is 3.16. The van der Waals surface area contributed by atoms with Gasteiger partial charge in [-0.3, -0.25) is 0 Å². The van der Waals surface area contributed by atoms with Crippen LogP contribution >= 0.6 is 11.6 Å². The molecule has 0 unspecified atom stereocenters. The Morgan fingerprint density at radius 1 is 1.40 bits per heavy atom. The zero-order valence-corrected chi connectivity index (χ0v) is 8.95. The second kappa shape index (κ2) is 4.31. The summed E-state index contributed by atoms with van der Waals surface area (Å²) >= 11 is 5.85. The lowest BCUT2D eigenvalue weighted by Gasteiger charge is -2.03. The van der Waals surface area contributed by atoms with Crippen molar-refractivity contribution in [1.29, 1.82) is 0 Å². The van der Waals surface area contributed by atoms with Gasteiger partial charge in [-0.05, 0) is 25.1 Å². The van der Waals surface area contributed by atoms with Gasteiger partial charge in [0, 0.05) is 10.7 Å². The van der Waals surface area contributed by atoms with E-state index in [-0.39, 0.29) is 0 Å². The molecule has 0 saturated heterocycles. The summed E-state index contributed by atoms with van der Waals surface area (Å²) in [6.45, 7) is 2.43. The Balaban J connectivity index is 2.02. The van der Waals surface area contributed by atoms with E-state index in [1.165, 1.54) is 0 Å². The van der Waals surface area contributed by atoms with E-state index < -0.39 is 0 Å². The first-order valence-electron chi connectivity index (χ1n) is 4.53. The smallest absolute Gasteiger partial charge is 0.127 e. The number of hydrogen-bond donors (Lipinski definition) is 1. The average Bonchev–Trinajstić information content (AvgIpc) is 2.61. The van der Waals surface area contributed by atoms with Crippen molar-refractivity contribution in [2.75, 3.05) is 5.32 Å². The molecule has 5 heteroatoms. The third kappa shape index (κ3) is 2.47. The molecule has 15 heavy (non-hydrogen) atoms. The van der Waals surface area contributed by atoms with Gasteiger partial charge >= 0.3 is 0 Å². The molecule has 0 saturated carbocycles. The fourth-order valence-corrected chi connectivity index (χ4v) is 1.38. The minimum absolute atomic E-state index is 0.579. The van der Waals surface area contributed by atoms with Crippen LogP contribution in [0.2, 0.25) is 5.02 Å². The van der Waals surface area contributed by atoms with E-state index in [9.17, 15) is 0 Å². The van der Waals surface area contributed by atoms with Crippen LogP contribution in [0.1, 0.15) is 11.4 Å². The van der Waals surface area contributed by atoms with Gasteiger partial charge in [0.2, 0.25) is 0 Å². The Labute approximate surface area is 92.2 Å². The topological polar surface area (TPSA) is 51.0 Å². The highest BCUT2D eigenvalue weighted by Crippen LogP contribution is 2.15. The van der Waals surface area contributed by atoms with Gasteiger partial charge in [-0.1, -0.05) is 28.0 Å². The van der Waals surface area contributed by atoms with Crippen molar-refractivity contribution < 1.29 is 4.63 Å². The highest BCUT2D eigenvalue weighted by molar-refractivity contribution is 6.30. The Morgan fingerprint density at radius 2 is 2.27 bits per heavy atom. The van der Waals surface area contributed by atoms with E-state index in [0.29, 0.717) is 11.6 Å². The van der Waals surface area contributed by atoms with Crippen molar-refractivity contribution in [3.8, 4) is 0 Å². The number of hydrogen-bond acceptors (Lipinski definition) is 4. The highest BCUT2D eigenvalue weighted by Gasteiger charge is 2.04. The van der Waals surface area contributed by atoms with Crippen molar-refractivity contribution in [3.63, 3.8) is 0 Å². The molecule has 0 atom stereocenters. The molecule has 1 aromatic heterocycles. The van der Waals surface area contributed by atoms with Gasteiger partial charge in [0.25, 0.3) is 0 Å². The Bertz CT molecular complexity index is 455. The van der Waals surface area contributed by atoms with Gasteiger partial charge in [0.05, 0.1) is 6.54 Å². The maximum Gasteiger partial charge on any atom is 0.127 e. The minimum atomic E-state index is 0.579. The molecule has 0 aliphatic rings. The van der Waals surface area contributed by atoms with E-state index in [0.717, 1.165) is 17.1 Å². The molecule has 2 rings (SSSR count). The van der Waals surface area contributed by atoms with Gasteiger partial charge in [-0.2, -0.15) is 0 Å². The molecule has 0 radical (unpaired) electrons. The first-order valence-corrected chi connectivity index (χ1v) is 4.91. The summed E-state index contributed by atoms with van der Waals surface area (Å²) in [5.41, 5.74) is 2.55. The largest absolute Gasteiger partial charge is 0.379 e. The molecule has 2 aromatic rings. The van der Waals surface area contributed by atoms with Crippen molar-refractivity contribution in [1.82, 2.24) is 10.3 Å². The number of aromatic nitrogens is 2. The summed E-state index contributed by atoms with van der Waals surface area (Å²) in [5.74, 6) is 0. The van der Waals surface area contributed by atoms with E-state index >= 15 is 0 Å². The molecule has 0 bridgehead atoms. The fraction of sp³-hybridized carbons (Fsp3) is 0.200. The van der Waals surface area contributed by atoms with Crippen LogP contribution in [-0.2, 0) is 6.54 Å². The molecular weight excluding hydrogens is 214 g/mol. The minimum Gasteiger partial charge on any atom is -0.379 e. The zero-order valence-electron chi connectivity index (χ0n) is 8.20. The molecule has 1 heterocycles. The van der Waals surface area contributed by atoms with Crippen LogP contribution in [0.15, 0.2) is 28.9 Å². The van der Waals surface area contributed by atoms with Crippen molar-refractivity contribution in [3.05, 3.63) is 40.7 Å². The maximum atomic E-state index is 5.85. The summed E-state index contributed by atoms with van der Waals surface area (Å²) in [4.78, 5) is 0. The lowest BCUT2D eigenvalue weighted by Crippen LogP contribution is -2.00. The number of aryl methyl sites for hydroxylation is 1. The quantitative estimate of drug-likeness (QED) is 0.869. The molecule has 0 aliphatic carbocycles. The number of anilines is 1. The van der Waals surface area contributed by atoms with Crippen molar-refractivity contribution in [2.24, 2.45) is 0 Å². The number of nitrogens with one attached hydrogen (secondary N) is 1. The van der Waals surface area contributed by atoms with Gasteiger partial charge in [0.1, 0.15) is 11.4 Å². The molecule has 1 N–H and O–H groups in total. The first-order chi connectivity index (χ1) is 7.25. The monoisotopic (exact) mass is 223 g/mol. The van der Waals surface area contributed by atoms with Crippen LogP contribution in [0.25, 0.3) is 0 Å². The van der Waals surface area contributed by atoms with E-state index in [4.69, 9.17) is 11.6 Å². The summed E-state index contributed by atoms with van der Waals surface area (Å²) in [6, 6.07) is 7.51. The summed E-state index contributed by atoms with van der Waals surface area (Å²) < 4.78 is 4.59. The predicted molar refractivity (Wildman–Crippen MR) is 57.8 cm³/mol. The van der Waals surface area contributed by atoms with E-state index in [1.54, 1.807) is 0 Å². The molecule has 4 nitrogen and oxygen atoms in total. The summed E-state index contributed by atoms with van der Waals surface area (Å²) in [6.07, 6.45) is 0. The maximum absolute atomic E-state index is 5.85. The molecule has 0 aliphatic heterocycles. The van der Waals surface area contributed by atoms with Crippen molar-refractivity contribution >= 4 is 17.3 Å². The number of nitrogens with zero attached hydrogens (tertiary/aromatic N) is 2. The third-order valence-corrected chi connectivity index (χ3v) is 2.27. The van der Waals surface area contributed by atoms with Crippen molar-refractivity contribution in [2.45, 2.75) is 13.5 Å². The lowest BCUT2D eigenvalue weighted by molar-refractivity contribution is 0.301. The summed E-state index contributed by atoms with van der Waals surface area (Å²) in [7, 11) is 0. The SMILES string of the molecule is Cc1nonc1CNc1cccc(Cl)c1. The predicted octanol–water partition coefficient (Wildman–Crippen LogP) is 2.64. The Kier molecular flexibility index (Phi) is 2.87. The van der Waals surface area contributed by atoms with Gasteiger partial charge in [-0.25, -0.2) is 4.63 Å². The van der Waals surface area contributed by atoms with Crippen LogP contribution in [0.5, 0.6) is 0 Å². The van der Waals surface area contributed by atoms with Crippen LogP contribution in [0.3, 0.4) is 0 Å². The van der Waals surface area contributed by atoms with Crippen LogP contribution in [0, 0.1) is 6.92 Å². The van der Waals surface area contributed by atoms with Crippen LogP contribution in [0.4, 0.5) is 5.69 Å². The number of benzene rings is 1. The zero-order chi connectivity index (χ0) is 10.7. The normalized spacial score (nSPS) is 10.3. The molecule has 1 aromatic carbocycles. The highest BCUT2D eigenvalue weighted by atomic mass is 35.5. The number of rotatable bonds is 3. The Hall–Kier alpha value is -1.55. The molecular formula is C10H10ClN3O. The van der Waals surface area contributed by atoms with Gasteiger partial charge in [0.15, 0.2) is 0 Å². The molecule has 78 valence electrons. The molecule has 0 fully saturated rings. The second-order valence-corrected chi connectivity index (χ2v) is 3.60. The standard InChI is InChI=1S/C10H10ClN3O/c1-7-10(14-15-13-7)6-12-9-4-2-3-8(11)5-9/h2-5,12H,6H2,1H3. The molecule has 0 amide bonds. The average molecular weight is 224 g/mol. The fourth-order valence-electron chi connectivity index (χ4n) is 1.19. The number of halogens is 1. The van der Waals surface area contributed by atoms with Gasteiger partial charge < -0.3 is 5.32 Å². The Morgan fingerprint density at radius 3 is 2.93 bits per heavy atom. The van der Waals surface area contributed by atoms with Crippen LogP contribution < -0.4 is 5.32 Å². The summed E-state index contributed by atoms with van der Waals surface area (Å²) in [5, 5.41) is 11.4. The third-order valence-electron chi connectivity index (χ3n) is 2.03. The van der Waals surface area contributed by atoms with E-state index in [1.807, 2.05) is 31.2 Å². The van der Waals surface area contributed by atoms with E-state index in [2.05, 4.69) is 20.3 Å².